The van der Waals surface area contributed by atoms with Gasteiger partial charge in [-0.3, -0.25) is 0 Å². The topological polar surface area (TPSA) is 50.3 Å². The molecule has 5 heteroatoms. The number of methoxy groups -OCH3 is 1. The summed E-state index contributed by atoms with van der Waals surface area (Å²) in [5.41, 5.74) is 8.83. The van der Waals surface area contributed by atoms with Crippen molar-refractivity contribution in [1.29, 1.82) is 0 Å². The summed E-state index contributed by atoms with van der Waals surface area (Å²) in [7, 11) is 1.69. The van der Waals surface area contributed by atoms with E-state index in [0.717, 1.165) is 65.7 Å². The zero-order valence-corrected chi connectivity index (χ0v) is 15.7. The van der Waals surface area contributed by atoms with Gasteiger partial charge in [0.05, 0.1) is 24.2 Å². The van der Waals surface area contributed by atoms with Crippen LogP contribution in [0, 0.1) is 6.92 Å². The van der Waals surface area contributed by atoms with Crippen LogP contribution in [-0.2, 0) is 12.8 Å². The molecule has 1 N–H and O–H groups in total. The predicted molar refractivity (Wildman–Crippen MR) is 102 cm³/mol. The van der Waals surface area contributed by atoms with Crippen molar-refractivity contribution in [1.82, 2.24) is 15.0 Å². The molecule has 25 heavy (non-hydrogen) atoms. The summed E-state index contributed by atoms with van der Waals surface area (Å²) in [5.74, 6) is 1.78. The molecule has 1 fully saturated rings. The minimum atomic E-state index is 0.854. The van der Waals surface area contributed by atoms with Crippen LogP contribution in [0.15, 0.2) is 18.2 Å². The van der Waals surface area contributed by atoms with Crippen molar-refractivity contribution in [2.75, 3.05) is 25.6 Å². The average Bonchev–Trinajstić information content (AvgIpc) is 3.14. The molecule has 2 heterocycles. The maximum Gasteiger partial charge on any atom is 0.162 e. The number of hydrazine groups is 1. The van der Waals surface area contributed by atoms with Gasteiger partial charge in [0.25, 0.3) is 0 Å². The van der Waals surface area contributed by atoms with Crippen molar-refractivity contribution in [3.05, 3.63) is 35.2 Å². The zero-order valence-electron chi connectivity index (χ0n) is 15.7. The van der Waals surface area contributed by atoms with Gasteiger partial charge in [0.1, 0.15) is 5.75 Å². The molecule has 0 radical (unpaired) electrons. The lowest BCUT2D eigenvalue weighted by molar-refractivity contribution is 0.407. The first-order valence-electron chi connectivity index (χ1n) is 9.22. The molecule has 1 aliphatic rings. The minimum Gasteiger partial charge on any atom is -0.497 e. The Bertz CT molecular complexity index is 739. The number of nitrogens with one attached hydrogen (secondary N) is 1. The van der Waals surface area contributed by atoms with Crippen LogP contribution < -0.4 is 10.2 Å². The van der Waals surface area contributed by atoms with Gasteiger partial charge in [-0.15, -0.1) is 0 Å². The molecule has 0 bridgehead atoms. The van der Waals surface area contributed by atoms with Gasteiger partial charge in [-0.05, 0) is 56.4 Å². The molecule has 1 aliphatic heterocycles. The summed E-state index contributed by atoms with van der Waals surface area (Å²) < 4.78 is 5.33. The van der Waals surface area contributed by atoms with E-state index in [-0.39, 0.29) is 0 Å². The van der Waals surface area contributed by atoms with E-state index in [1.54, 1.807) is 7.11 Å². The molecule has 0 saturated carbocycles. The third-order valence-electron chi connectivity index (χ3n) is 4.77. The monoisotopic (exact) mass is 340 g/mol. The van der Waals surface area contributed by atoms with Crippen LogP contribution in [0.5, 0.6) is 5.75 Å². The molecule has 0 aliphatic carbocycles. The van der Waals surface area contributed by atoms with Crippen LogP contribution >= 0.6 is 0 Å². The molecule has 1 saturated heterocycles. The van der Waals surface area contributed by atoms with Gasteiger partial charge in [-0.2, -0.15) is 0 Å². The lowest BCUT2D eigenvalue weighted by Gasteiger charge is -2.21. The lowest BCUT2D eigenvalue weighted by atomic mass is 10.0. The highest BCUT2D eigenvalue weighted by atomic mass is 16.5. The van der Waals surface area contributed by atoms with Crippen molar-refractivity contribution < 1.29 is 4.74 Å². The number of rotatable bonds is 6. The fourth-order valence-corrected chi connectivity index (χ4v) is 3.31. The van der Waals surface area contributed by atoms with Crippen molar-refractivity contribution in [2.24, 2.45) is 0 Å². The molecule has 0 atom stereocenters. The number of nitrogens with zero attached hydrogens (tertiary/aromatic N) is 3. The van der Waals surface area contributed by atoms with Gasteiger partial charge in [0.2, 0.25) is 0 Å². The molecule has 0 amide bonds. The third kappa shape index (κ3) is 3.76. The smallest absolute Gasteiger partial charge is 0.162 e. The number of benzene rings is 1. The maximum atomic E-state index is 5.33. The van der Waals surface area contributed by atoms with E-state index in [9.17, 15) is 0 Å². The van der Waals surface area contributed by atoms with Crippen LogP contribution in [0.4, 0.5) is 5.82 Å². The van der Waals surface area contributed by atoms with Crippen molar-refractivity contribution in [2.45, 2.75) is 46.5 Å². The number of aromatic nitrogens is 2. The van der Waals surface area contributed by atoms with E-state index in [2.05, 4.69) is 43.3 Å². The third-order valence-corrected chi connectivity index (χ3v) is 4.77. The first-order valence-corrected chi connectivity index (χ1v) is 9.22. The Balaban J connectivity index is 2.01. The fourth-order valence-electron chi connectivity index (χ4n) is 3.31. The Morgan fingerprint density at radius 3 is 2.40 bits per heavy atom. The van der Waals surface area contributed by atoms with E-state index >= 15 is 0 Å². The standard InChI is InChI=1S/C20H28N4O/c1-5-17-19(16-10-9-15(25-4)13-14(16)3)21-18(6-2)20(22-17)23-24-11-7-8-12-24/h9-10,13H,5-8,11-12H2,1-4H3,(H,22,23). The van der Waals surface area contributed by atoms with Crippen molar-refractivity contribution in [3.63, 3.8) is 0 Å². The number of hydrogen-bond donors (Lipinski definition) is 1. The van der Waals surface area contributed by atoms with Gasteiger partial charge in [0, 0.05) is 18.7 Å². The first kappa shape index (κ1) is 17.7. The molecular weight excluding hydrogens is 312 g/mol. The van der Waals surface area contributed by atoms with E-state index in [1.165, 1.54) is 12.8 Å². The summed E-state index contributed by atoms with van der Waals surface area (Å²) in [5, 5.41) is 2.25. The Hall–Kier alpha value is -2.14. The number of anilines is 1. The van der Waals surface area contributed by atoms with Gasteiger partial charge < -0.3 is 10.2 Å². The molecule has 0 spiro atoms. The largest absolute Gasteiger partial charge is 0.497 e. The highest BCUT2D eigenvalue weighted by molar-refractivity contribution is 5.68. The summed E-state index contributed by atoms with van der Waals surface area (Å²) in [4.78, 5) is 9.94. The minimum absolute atomic E-state index is 0.854. The summed E-state index contributed by atoms with van der Waals surface area (Å²) >= 11 is 0. The molecule has 3 rings (SSSR count). The van der Waals surface area contributed by atoms with E-state index in [4.69, 9.17) is 14.7 Å². The van der Waals surface area contributed by atoms with Crippen molar-refractivity contribution >= 4 is 5.82 Å². The molecule has 5 nitrogen and oxygen atoms in total. The van der Waals surface area contributed by atoms with Gasteiger partial charge in [0.15, 0.2) is 5.82 Å². The number of hydrogen-bond acceptors (Lipinski definition) is 5. The Labute approximate surface area is 150 Å². The lowest BCUT2D eigenvalue weighted by Crippen LogP contribution is -2.28. The average molecular weight is 340 g/mol. The Morgan fingerprint density at radius 2 is 1.80 bits per heavy atom. The van der Waals surface area contributed by atoms with Gasteiger partial charge in [-0.1, -0.05) is 13.8 Å². The van der Waals surface area contributed by atoms with Crippen LogP contribution in [0.2, 0.25) is 0 Å². The molecule has 2 aromatic rings. The molecule has 0 unspecified atom stereocenters. The Morgan fingerprint density at radius 1 is 1.08 bits per heavy atom. The summed E-state index contributed by atoms with van der Waals surface area (Å²) in [6.07, 6.45) is 4.19. The Kier molecular flexibility index (Phi) is 5.53. The normalized spacial score (nSPS) is 14.7. The molecule has 134 valence electrons. The van der Waals surface area contributed by atoms with E-state index in [1.807, 2.05) is 6.07 Å². The fraction of sp³-hybridized carbons (Fsp3) is 0.500. The predicted octanol–water partition coefficient (Wildman–Crippen LogP) is 4.01. The highest BCUT2D eigenvalue weighted by Gasteiger charge is 2.18. The zero-order chi connectivity index (χ0) is 17.8. The van der Waals surface area contributed by atoms with Crippen LogP contribution in [0.25, 0.3) is 11.3 Å². The second kappa shape index (κ2) is 7.83. The first-order chi connectivity index (χ1) is 12.2. The quantitative estimate of drug-likeness (QED) is 0.861. The summed E-state index contributed by atoms with van der Waals surface area (Å²) in [6.45, 7) is 8.52. The van der Waals surface area contributed by atoms with Crippen LogP contribution in [0.1, 0.15) is 43.6 Å². The maximum absolute atomic E-state index is 5.33. The van der Waals surface area contributed by atoms with Crippen LogP contribution in [0.3, 0.4) is 0 Å². The number of ether oxygens (including phenoxy) is 1. The second-order valence-electron chi connectivity index (χ2n) is 6.51. The number of aryl methyl sites for hydroxylation is 3. The molecule has 1 aromatic heterocycles. The van der Waals surface area contributed by atoms with E-state index < -0.39 is 0 Å². The van der Waals surface area contributed by atoms with Gasteiger partial charge in [-0.25, -0.2) is 15.0 Å². The van der Waals surface area contributed by atoms with E-state index in [0.29, 0.717) is 0 Å². The highest BCUT2D eigenvalue weighted by Crippen LogP contribution is 2.30. The molecule has 1 aromatic carbocycles. The molecular formula is C20H28N4O. The second-order valence-corrected chi connectivity index (χ2v) is 6.51. The van der Waals surface area contributed by atoms with Crippen LogP contribution in [-0.4, -0.2) is 35.2 Å². The van der Waals surface area contributed by atoms with Crippen molar-refractivity contribution in [3.8, 4) is 17.0 Å². The van der Waals surface area contributed by atoms with Gasteiger partial charge >= 0.3 is 0 Å². The summed E-state index contributed by atoms with van der Waals surface area (Å²) in [6, 6.07) is 6.13. The SMILES string of the molecule is CCc1nc(-c2ccc(OC)cc2C)c(CC)nc1NN1CCCC1.